The van der Waals surface area contributed by atoms with Gasteiger partial charge in [-0.2, -0.15) is 13.5 Å². The number of hydrogen-bond acceptors (Lipinski definition) is 10. The maximum atomic E-state index is 12.9. The predicted molar refractivity (Wildman–Crippen MR) is 224 cm³/mol. The summed E-state index contributed by atoms with van der Waals surface area (Å²) in [6.45, 7) is 0.964. The van der Waals surface area contributed by atoms with Crippen LogP contribution in [0.1, 0.15) is 47.2 Å². The molecule has 0 saturated heterocycles. The maximum Gasteiger partial charge on any atom is 0.295 e. The van der Waals surface area contributed by atoms with Gasteiger partial charge in [0, 0.05) is 36.5 Å². The van der Waals surface area contributed by atoms with Crippen LogP contribution in [0.4, 0.5) is 5.82 Å². The van der Waals surface area contributed by atoms with Crippen LogP contribution in [-0.4, -0.2) is 56.6 Å². The normalized spacial score (nSPS) is 11.7. The van der Waals surface area contributed by atoms with E-state index in [2.05, 4.69) is 43.7 Å². The number of aromatic nitrogens is 2. The zero-order valence-corrected chi connectivity index (χ0v) is 33.0. The van der Waals surface area contributed by atoms with Gasteiger partial charge in [-0.3, -0.25) is 14.8 Å². The van der Waals surface area contributed by atoms with Gasteiger partial charge in [-0.15, -0.1) is 0 Å². The van der Waals surface area contributed by atoms with Crippen LogP contribution in [0, 0.1) is 0 Å². The highest BCUT2D eigenvalue weighted by Crippen LogP contribution is 2.29. The molecule has 0 saturated carbocycles. The number of ether oxygens (including phenoxy) is 1. The first-order chi connectivity index (χ1) is 28.0. The van der Waals surface area contributed by atoms with Crippen molar-refractivity contribution in [1.82, 2.24) is 20.0 Å². The van der Waals surface area contributed by atoms with E-state index in [0.29, 0.717) is 36.8 Å². The van der Waals surface area contributed by atoms with Crippen molar-refractivity contribution >= 4 is 38.1 Å². The van der Waals surface area contributed by atoms with Gasteiger partial charge < -0.3 is 10.1 Å². The Kier molecular flexibility index (Phi) is 14.1. The average Bonchev–Trinajstić information content (AvgIpc) is 3.24. The summed E-state index contributed by atoms with van der Waals surface area (Å²) < 4.78 is 67.0. The van der Waals surface area contributed by atoms with E-state index >= 15 is 0 Å². The monoisotopic (exact) mass is 818 g/mol. The van der Waals surface area contributed by atoms with E-state index < -0.39 is 20.1 Å². The summed E-state index contributed by atoms with van der Waals surface area (Å²) >= 11 is 0. The van der Waals surface area contributed by atoms with Crippen LogP contribution in [0.15, 0.2) is 155 Å². The van der Waals surface area contributed by atoms with Gasteiger partial charge >= 0.3 is 0 Å². The number of carbonyl (C=O) groups is 1. The Morgan fingerprint density at radius 1 is 0.741 bits per heavy atom. The molecule has 6 aromatic rings. The first-order valence-electron chi connectivity index (χ1n) is 18.5. The molecule has 58 heavy (non-hydrogen) atoms. The molecular weight excluding hydrogens is 777 g/mol. The summed E-state index contributed by atoms with van der Waals surface area (Å²) in [5, 5.41) is 6.74. The van der Waals surface area contributed by atoms with E-state index in [9.17, 15) is 26.2 Å². The number of hydrogen-bond donors (Lipinski definition) is 4. The van der Waals surface area contributed by atoms with Gasteiger partial charge in [-0.25, -0.2) is 23.1 Å². The van der Waals surface area contributed by atoms with Crippen molar-refractivity contribution in [2.75, 3.05) is 18.6 Å². The Morgan fingerprint density at radius 2 is 1.43 bits per heavy atom. The topological polar surface area (TPSA) is 189 Å². The minimum Gasteiger partial charge on any atom is -0.478 e. The van der Waals surface area contributed by atoms with Crippen molar-refractivity contribution in [1.29, 1.82) is 0 Å². The number of carbonyl (C=O) groups excluding carboxylic acids is 1. The van der Waals surface area contributed by atoms with Gasteiger partial charge in [0.1, 0.15) is 10.7 Å². The van der Waals surface area contributed by atoms with Crippen LogP contribution in [0.5, 0.6) is 5.88 Å². The van der Waals surface area contributed by atoms with E-state index in [1.165, 1.54) is 54.9 Å². The SMILES string of the molecule is O=C(NCc1ccc(S(=O)(=O)NCCCCCCOc2cc(-c3ccccc3)cc(-c3ccccc3)n2)cc1)c1ccc(N/N=C/c2ccccc2S(=O)(=O)O)nc1. The second-order valence-electron chi connectivity index (χ2n) is 13.1. The highest BCUT2D eigenvalue weighted by molar-refractivity contribution is 7.89. The van der Waals surface area contributed by atoms with E-state index in [4.69, 9.17) is 9.72 Å². The lowest BCUT2D eigenvalue weighted by molar-refractivity contribution is 0.0950. The van der Waals surface area contributed by atoms with Crippen LogP contribution in [0.2, 0.25) is 0 Å². The molecule has 0 fully saturated rings. The molecule has 2 aromatic heterocycles. The molecule has 0 aliphatic carbocycles. The van der Waals surface area contributed by atoms with Crippen LogP contribution in [0.3, 0.4) is 0 Å². The summed E-state index contributed by atoms with van der Waals surface area (Å²) in [6, 6.07) is 39.3. The number of hydrazone groups is 1. The first kappa shape index (κ1) is 41.4. The van der Waals surface area contributed by atoms with Crippen LogP contribution in [0.25, 0.3) is 22.4 Å². The molecule has 15 heteroatoms. The molecule has 4 aromatic carbocycles. The minimum atomic E-state index is -4.42. The van der Waals surface area contributed by atoms with E-state index in [1.807, 2.05) is 54.6 Å². The van der Waals surface area contributed by atoms with Crippen molar-refractivity contribution in [2.45, 2.75) is 42.0 Å². The highest BCUT2D eigenvalue weighted by Gasteiger charge is 2.15. The van der Waals surface area contributed by atoms with E-state index in [0.717, 1.165) is 41.6 Å². The lowest BCUT2D eigenvalue weighted by atomic mass is 10.0. The second-order valence-corrected chi connectivity index (χ2v) is 16.3. The van der Waals surface area contributed by atoms with Crippen LogP contribution >= 0.6 is 0 Å². The Morgan fingerprint density at radius 3 is 2.14 bits per heavy atom. The van der Waals surface area contributed by atoms with Gasteiger partial charge in [-0.1, -0.05) is 104 Å². The summed E-state index contributed by atoms with van der Waals surface area (Å²) in [5.74, 6) is 0.472. The molecule has 0 radical (unpaired) electrons. The van der Waals surface area contributed by atoms with Crippen LogP contribution in [-0.2, 0) is 26.7 Å². The quantitative estimate of drug-likeness (QED) is 0.0278. The summed E-state index contributed by atoms with van der Waals surface area (Å²) in [7, 11) is -8.12. The van der Waals surface area contributed by atoms with Gasteiger partial charge in [0.15, 0.2) is 0 Å². The standard InChI is InChI=1S/C43H42N6O7S2/c50-43(36-21-24-41(44-30-36)49-46-31-35-17-9-10-18-40(35)58(53,54)55)45-29-32-19-22-38(23-20-32)57(51,52)47-25-11-1-2-12-26-56-42-28-37(33-13-5-3-6-14-33)27-39(48-42)34-15-7-4-8-16-34/h3-10,13-24,27-28,30-31,47H,1-2,11-12,25-26,29H2,(H,44,49)(H,45,50)(H,53,54,55)/b46-31+. The molecule has 2 heterocycles. The molecule has 0 bridgehead atoms. The molecule has 1 amide bonds. The fraction of sp³-hybridized carbons (Fsp3) is 0.163. The van der Waals surface area contributed by atoms with Gasteiger partial charge in [0.25, 0.3) is 16.0 Å². The van der Waals surface area contributed by atoms with E-state index in [1.54, 1.807) is 18.2 Å². The largest absolute Gasteiger partial charge is 0.478 e. The van der Waals surface area contributed by atoms with Crippen molar-refractivity contribution in [2.24, 2.45) is 5.10 Å². The average molecular weight is 819 g/mol. The molecule has 0 atom stereocenters. The predicted octanol–water partition coefficient (Wildman–Crippen LogP) is 7.35. The Labute approximate surface area is 338 Å². The molecule has 0 aliphatic rings. The van der Waals surface area contributed by atoms with E-state index in [-0.39, 0.29) is 33.4 Å². The van der Waals surface area contributed by atoms with Gasteiger partial charge in [0.2, 0.25) is 15.9 Å². The van der Waals surface area contributed by atoms with Crippen LogP contribution < -0.4 is 20.2 Å². The molecule has 298 valence electrons. The number of nitrogens with one attached hydrogen (secondary N) is 3. The number of nitrogens with zero attached hydrogens (tertiary/aromatic N) is 3. The second kappa shape index (κ2) is 19.7. The van der Waals surface area contributed by atoms with Gasteiger partial charge in [-0.05, 0) is 65.9 Å². The fourth-order valence-corrected chi connectivity index (χ4v) is 7.58. The lowest BCUT2D eigenvalue weighted by Crippen LogP contribution is -2.25. The Bertz CT molecular complexity index is 2480. The third kappa shape index (κ3) is 11.9. The highest BCUT2D eigenvalue weighted by atomic mass is 32.2. The van der Waals surface area contributed by atoms with Crippen molar-refractivity contribution in [3.8, 4) is 28.3 Å². The summed E-state index contributed by atoms with van der Waals surface area (Å²) in [6.07, 6.45) is 5.75. The summed E-state index contributed by atoms with van der Waals surface area (Å²) in [4.78, 5) is 21.4. The molecule has 4 N–H and O–H groups in total. The third-order valence-electron chi connectivity index (χ3n) is 8.88. The molecule has 0 unspecified atom stereocenters. The molecular formula is C43H42N6O7S2. The number of sulfonamides is 1. The maximum absolute atomic E-state index is 12.9. The molecule has 0 aliphatic heterocycles. The summed E-state index contributed by atoms with van der Waals surface area (Å²) in [5.41, 5.74) is 7.78. The molecule has 0 spiro atoms. The number of rotatable bonds is 19. The molecule has 6 rings (SSSR count). The fourth-order valence-electron chi connectivity index (χ4n) is 5.84. The third-order valence-corrected chi connectivity index (χ3v) is 11.3. The van der Waals surface area contributed by atoms with Gasteiger partial charge in [0.05, 0.1) is 29.0 Å². The smallest absolute Gasteiger partial charge is 0.295 e. The first-order valence-corrected chi connectivity index (χ1v) is 21.4. The number of pyridine rings is 2. The number of benzene rings is 4. The van der Waals surface area contributed by atoms with Crippen molar-refractivity contribution < 1.29 is 30.9 Å². The van der Waals surface area contributed by atoms with Crippen molar-refractivity contribution in [3.63, 3.8) is 0 Å². The Balaban J connectivity index is 0.894. The molecule has 13 nitrogen and oxygen atoms in total. The minimum absolute atomic E-state index is 0.132. The number of unbranched alkanes of at least 4 members (excludes halogenated alkanes) is 3. The lowest BCUT2D eigenvalue weighted by Gasteiger charge is -2.11. The number of amides is 1. The number of anilines is 1. The van der Waals surface area contributed by atoms with Crippen molar-refractivity contribution in [3.05, 3.63) is 156 Å². The Hall–Kier alpha value is -6.26. The zero-order valence-electron chi connectivity index (χ0n) is 31.4. The zero-order chi connectivity index (χ0) is 40.8.